The molecule has 2 aromatic rings. The first-order valence-electron chi connectivity index (χ1n) is 4.17. The largest absolute Gasteiger partial charge is 0.294 e. The highest BCUT2D eigenvalue weighted by molar-refractivity contribution is 7.09. The molecule has 0 aromatic carbocycles. The first kappa shape index (κ1) is 9.02. The second-order valence-corrected chi connectivity index (χ2v) is 3.77. The van der Waals surface area contributed by atoms with E-state index in [4.69, 9.17) is 0 Å². The molecule has 14 heavy (non-hydrogen) atoms. The van der Waals surface area contributed by atoms with E-state index in [0.29, 0.717) is 12.0 Å². The Morgan fingerprint density at radius 3 is 2.71 bits per heavy atom. The first-order valence-corrected chi connectivity index (χ1v) is 5.05. The number of Topliss-reactive ketones (excluding diaryl/α,β-unsaturated/α-hetero) is 1. The van der Waals surface area contributed by atoms with Crippen molar-refractivity contribution in [3.05, 3.63) is 46.7 Å². The number of hydrogen-bond donors (Lipinski definition) is 0. The molecule has 3 nitrogen and oxygen atoms in total. The first-order chi connectivity index (χ1) is 6.86. The average Bonchev–Trinajstić information content (AvgIpc) is 2.72. The van der Waals surface area contributed by atoms with Crippen molar-refractivity contribution in [2.75, 3.05) is 0 Å². The summed E-state index contributed by atoms with van der Waals surface area (Å²) in [5.74, 6) is 0.108. The summed E-state index contributed by atoms with van der Waals surface area (Å²) in [7, 11) is 0. The maximum Gasteiger partial charge on any atom is 0.168 e. The maximum absolute atomic E-state index is 11.7. The normalized spacial score (nSPS) is 10.0. The van der Waals surface area contributed by atoms with Crippen LogP contribution in [0.25, 0.3) is 0 Å². The van der Waals surface area contributed by atoms with E-state index in [2.05, 4.69) is 9.97 Å². The van der Waals surface area contributed by atoms with Crippen LogP contribution < -0.4 is 0 Å². The number of nitrogens with zero attached hydrogens (tertiary/aromatic N) is 2. The van der Waals surface area contributed by atoms with Gasteiger partial charge in [-0.3, -0.25) is 14.8 Å². The highest BCUT2D eigenvalue weighted by atomic mass is 32.1. The van der Waals surface area contributed by atoms with E-state index in [1.165, 1.54) is 11.3 Å². The summed E-state index contributed by atoms with van der Waals surface area (Å²) in [6.07, 6.45) is 5.40. The van der Waals surface area contributed by atoms with Crippen molar-refractivity contribution in [1.29, 1.82) is 0 Å². The van der Waals surface area contributed by atoms with Crippen molar-refractivity contribution in [1.82, 2.24) is 9.97 Å². The molecule has 4 heteroatoms. The Morgan fingerprint density at radius 1 is 1.29 bits per heavy atom. The SMILES string of the molecule is O=C(Cc1cncs1)c1ccncc1. The number of carbonyl (C=O) groups is 1. The van der Waals surface area contributed by atoms with Crippen LogP contribution in [0.5, 0.6) is 0 Å². The van der Waals surface area contributed by atoms with E-state index in [1.54, 1.807) is 36.2 Å². The van der Waals surface area contributed by atoms with Gasteiger partial charge < -0.3 is 0 Å². The molecule has 0 aliphatic heterocycles. The molecule has 2 rings (SSSR count). The van der Waals surface area contributed by atoms with Crippen LogP contribution in [-0.4, -0.2) is 15.8 Å². The van der Waals surface area contributed by atoms with E-state index in [1.807, 2.05) is 0 Å². The third kappa shape index (κ3) is 2.03. The number of aromatic nitrogens is 2. The highest BCUT2D eigenvalue weighted by Gasteiger charge is 2.06. The van der Waals surface area contributed by atoms with Gasteiger partial charge in [0, 0.05) is 35.5 Å². The lowest BCUT2D eigenvalue weighted by Crippen LogP contribution is -2.01. The summed E-state index contributed by atoms with van der Waals surface area (Å²) in [5, 5.41) is 0. The van der Waals surface area contributed by atoms with Gasteiger partial charge in [0.05, 0.1) is 5.51 Å². The van der Waals surface area contributed by atoms with E-state index in [9.17, 15) is 4.79 Å². The van der Waals surface area contributed by atoms with Gasteiger partial charge in [-0.05, 0) is 12.1 Å². The number of carbonyl (C=O) groups excluding carboxylic acids is 1. The number of ketones is 1. The van der Waals surface area contributed by atoms with Crippen molar-refractivity contribution >= 4 is 17.1 Å². The van der Waals surface area contributed by atoms with Crippen LogP contribution >= 0.6 is 11.3 Å². The van der Waals surface area contributed by atoms with Crippen LogP contribution in [0.1, 0.15) is 15.2 Å². The van der Waals surface area contributed by atoms with E-state index < -0.39 is 0 Å². The average molecular weight is 204 g/mol. The minimum atomic E-state index is 0.108. The second-order valence-electron chi connectivity index (χ2n) is 2.80. The zero-order chi connectivity index (χ0) is 9.80. The third-order valence-electron chi connectivity index (χ3n) is 1.82. The Morgan fingerprint density at radius 2 is 2.07 bits per heavy atom. The van der Waals surface area contributed by atoms with Crippen molar-refractivity contribution < 1.29 is 4.79 Å². The number of pyridine rings is 1. The molecule has 0 atom stereocenters. The molecule has 0 bridgehead atoms. The van der Waals surface area contributed by atoms with Crippen LogP contribution in [0.15, 0.2) is 36.2 Å². The highest BCUT2D eigenvalue weighted by Crippen LogP contribution is 2.10. The molecule has 70 valence electrons. The maximum atomic E-state index is 11.7. The van der Waals surface area contributed by atoms with Crippen molar-refractivity contribution in [3.8, 4) is 0 Å². The zero-order valence-electron chi connectivity index (χ0n) is 7.38. The molecule has 0 N–H and O–H groups in total. The Hall–Kier alpha value is -1.55. The summed E-state index contributed by atoms with van der Waals surface area (Å²) in [4.78, 5) is 20.4. The molecule has 0 fully saturated rings. The predicted molar refractivity (Wildman–Crippen MR) is 54.4 cm³/mol. The summed E-state index contributed by atoms with van der Waals surface area (Å²) < 4.78 is 0. The summed E-state index contributed by atoms with van der Waals surface area (Å²) in [6.45, 7) is 0. The lowest BCUT2D eigenvalue weighted by atomic mass is 10.1. The minimum absolute atomic E-state index is 0.108. The fraction of sp³-hybridized carbons (Fsp3) is 0.100. The summed E-state index contributed by atoms with van der Waals surface area (Å²) in [6, 6.07) is 3.45. The molecule has 0 unspecified atom stereocenters. The molecule has 0 aliphatic rings. The van der Waals surface area contributed by atoms with Crippen molar-refractivity contribution in [2.24, 2.45) is 0 Å². The van der Waals surface area contributed by atoms with E-state index in [0.717, 1.165) is 4.88 Å². The van der Waals surface area contributed by atoms with Crippen LogP contribution in [-0.2, 0) is 6.42 Å². The third-order valence-corrected chi connectivity index (χ3v) is 2.60. The number of hydrogen-bond acceptors (Lipinski definition) is 4. The monoisotopic (exact) mass is 204 g/mol. The van der Waals surface area contributed by atoms with Crippen molar-refractivity contribution in [2.45, 2.75) is 6.42 Å². The van der Waals surface area contributed by atoms with Gasteiger partial charge >= 0.3 is 0 Å². The predicted octanol–water partition coefficient (Wildman–Crippen LogP) is 1.96. The van der Waals surface area contributed by atoms with Gasteiger partial charge in [-0.1, -0.05) is 0 Å². The fourth-order valence-corrected chi connectivity index (χ4v) is 1.72. The van der Waals surface area contributed by atoms with Crippen LogP contribution in [0.3, 0.4) is 0 Å². The second kappa shape index (κ2) is 4.11. The van der Waals surface area contributed by atoms with Crippen LogP contribution in [0.4, 0.5) is 0 Å². The van der Waals surface area contributed by atoms with Gasteiger partial charge in [0.2, 0.25) is 0 Å². The Bertz CT molecular complexity index is 411. The summed E-state index contributed by atoms with van der Waals surface area (Å²) >= 11 is 1.50. The van der Waals surface area contributed by atoms with E-state index >= 15 is 0 Å². The molecule has 0 saturated carbocycles. The Kier molecular flexibility index (Phi) is 2.65. The van der Waals surface area contributed by atoms with Crippen molar-refractivity contribution in [3.63, 3.8) is 0 Å². The smallest absolute Gasteiger partial charge is 0.168 e. The molecule has 0 spiro atoms. The zero-order valence-corrected chi connectivity index (χ0v) is 8.20. The quantitative estimate of drug-likeness (QED) is 0.718. The van der Waals surface area contributed by atoms with Gasteiger partial charge in [-0.2, -0.15) is 0 Å². The molecular weight excluding hydrogens is 196 g/mol. The topological polar surface area (TPSA) is 42.9 Å². The van der Waals surface area contributed by atoms with E-state index in [-0.39, 0.29) is 5.78 Å². The van der Waals surface area contributed by atoms with Gasteiger partial charge in [0.25, 0.3) is 0 Å². The standard InChI is InChI=1S/C10H8N2OS/c13-10(5-9-6-12-7-14-9)8-1-3-11-4-2-8/h1-4,6-7H,5H2. The number of rotatable bonds is 3. The van der Waals surface area contributed by atoms with Gasteiger partial charge in [-0.25, -0.2) is 0 Å². The lowest BCUT2D eigenvalue weighted by molar-refractivity contribution is 0.0993. The molecule has 2 aromatic heterocycles. The molecule has 0 radical (unpaired) electrons. The molecule has 0 saturated heterocycles. The summed E-state index contributed by atoms with van der Waals surface area (Å²) in [5.41, 5.74) is 2.43. The van der Waals surface area contributed by atoms with Gasteiger partial charge in [0.1, 0.15) is 0 Å². The van der Waals surface area contributed by atoms with Gasteiger partial charge in [0.15, 0.2) is 5.78 Å². The fourth-order valence-electron chi connectivity index (χ4n) is 1.13. The van der Waals surface area contributed by atoms with Gasteiger partial charge in [-0.15, -0.1) is 11.3 Å². The molecule has 0 aliphatic carbocycles. The minimum Gasteiger partial charge on any atom is -0.294 e. The molecule has 2 heterocycles. The lowest BCUT2D eigenvalue weighted by Gasteiger charge is -1.96. The number of thiazole rings is 1. The molecule has 0 amide bonds. The molecular formula is C10H8N2OS. The van der Waals surface area contributed by atoms with Crippen LogP contribution in [0, 0.1) is 0 Å². The van der Waals surface area contributed by atoms with Crippen LogP contribution in [0.2, 0.25) is 0 Å². The Labute approximate surface area is 85.5 Å². The Balaban J connectivity index is 2.11.